The van der Waals surface area contributed by atoms with Crippen molar-refractivity contribution >= 4 is 35.1 Å². The Bertz CT molecular complexity index is 831. The zero-order chi connectivity index (χ0) is 17.1. The van der Waals surface area contributed by atoms with E-state index in [4.69, 9.17) is 20.8 Å². The Morgan fingerprint density at radius 1 is 1.00 bits per heavy atom. The molecule has 0 N–H and O–H groups in total. The minimum absolute atomic E-state index is 0.243. The van der Waals surface area contributed by atoms with Crippen molar-refractivity contribution in [2.75, 3.05) is 11.5 Å². The molecule has 0 bridgehead atoms. The third-order valence-corrected chi connectivity index (χ3v) is 7.05. The van der Waals surface area contributed by atoms with Crippen LogP contribution in [0.15, 0.2) is 52.9 Å². The standard InChI is InChI=1S/C18H15ClN2O2S2/c19-14-5-1-12(2-6-14)17-21-20-16(23-17)11-22-15-7-3-13(4-8-15)18-24-9-10-25-18/h1-8,18H,9-11H2. The van der Waals surface area contributed by atoms with Crippen LogP contribution in [0.5, 0.6) is 5.75 Å². The fourth-order valence-electron chi connectivity index (χ4n) is 2.44. The summed E-state index contributed by atoms with van der Waals surface area (Å²) >= 11 is 9.87. The summed E-state index contributed by atoms with van der Waals surface area (Å²) in [4.78, 5) is 0. The van der Waals surface area contributed by atoms with E-state index in [-0.39, 0.29) is 6.61 Å². The van der Waals surface area contributed by atoms with E-state index in [1.165, 1.54) is 17.1 Å². The van der Waals surface area contributed by atoms with Crippen molar-refractivity contribution < 1.29 is 9.15 Å². The lowest BCUT2D eigenvalue weighted by atomic mass is 10.2. The molecule has 0 saturated carbocycles. The first-order valence-corrected chi connectivity index (χ1v) is 10.3. The average Bonchev–Trinajstić information content (AvgIpc) is 3.33. The van der Waals surface area contributed by atoms with Gasteiger partial charge in [0.1, 0.15) is 5.75 Å². The lowest BCUT2D eigenvalue weighted by Crippen LogP contribution is -1.96. The highest BCUT2D eigenvalue weighted by Gasteiger charge is 2.18. The molecule has 25 heavy (non-hydrogen) atoms. The maximum atomic E-state index is 5.89. The maximum absolute atomic E-state index is 5.89. The second-order valence-electron chi connectivity index (χ2n) is 5.44. The summed E-state index contributed by atoms with van der Waals surface area (Å²) in [5.41, 5.74) is 2.17. The summed E-state index contributed by atoms with van der Waals surface area (Å²) in [6, 6.07) is 15.5. The second-order valence-corrected chi connectivity index (χ2v) is 8.60. The van der Waals surface area contributed by atoms with E-state index in [0.29, 0.717) is 21.4 Å². The van der Waals surface area contributed by atoms with Gasteiger partial charge in [-0.2, -0.15) is 0 Å². The van der Waals surface area contributed by atoms with Gasteiger partial charge in [0, 0.05) is 22.1 Å². The largest absolute Gasteiger partial charge is 0.484 e. The van der Waals surface area contributed by atoms with E-state index in [0.717, 1.165) is 11.3 Å². The smallest absolute Gasteiger partial charge is 0.254 e. The molecule has 1 aliphatic heterocycles. The number of thioether (sulfide) groups is 2. The van der Waals surface area contributed by atoms with E-state index in [9.17, 15) is 0 Å². The Morgan fingerprint density at radius 2 is 1.72 bits per heavy atom. The van der Waals surface area contributed by atoms with Crippen LogP contribution in [0.3, 0.4) is 0 Å². The minimum atomic E-state index is 0.243. The third-order valence-electron chi connectivity index (χ3n) is 3.69. The first-order valence-electron chi connectivity index (χ1n) is 7.82. The minimum Gasteiger partial charge on any atom is -0.484 e. The van der Waals surface area contributed by atoms with E-state index in [1.807, 2.05) is 47.8 Å². The highest BCUT2D eigenvalue weighted by Crippen LogP contribution is 2.45. The van der Waals surface area contributed by atoms with Crippen molar-refractivity contribution in [2.45, 2.75) is 11.2 Å². The van der Waals surface area contributed by atoms with Gasteiger partial charge in [0.15, 0.2) is 6.61 Å². The molecule has 0 atom stereocenters. The number of benzene rings is 2. The van der Waals surface area contributed by atoms with Gasteiger partial charge in [0.2, 0.25) is 5.89 Å². The predicted molar refractivity (Wildman–Crippen MR) is 103 cm³/mol. The van der Waals surface area contributed by atoms with Gasteiger partial charge in [-0.25, -0.2) is 0 Å². The number of hydrogen-bond donors (Lipinski definition) is 0. The number of aromatic nitrogens is 2. The van der Waals surface area contributed by atoms with Gasteiger partial charge in [0.25, 0.3) is 5.89 Å². The Labute approximate surface area is 159 Å². The van der Waals surface area contributed by atoms with Gasteiger partial charge in [-0.05, 0) is 42.0 Å². The van der Waals surface area contributed by atoms with Gasteiger partial charge < -0.3 is 9.15 Å². The Balaban J connectivity index is 1.37. The number of rotatable bonds is 5. The topological polar surface area (TPSA) is 48.2 Å². The SMILES string of the molecule is Clc1ccc(-c2nnc(COc3ccc(C4SCCS4)cc3)o2)cc1. The van der Waals surface area contributed by atoms with E-state index in [1.54, 1.807) is 12.1 Å². The summed E-state index contributed by atoms with van der Waals surface area (Å²) in [6.45, 7) is 0.243. The average molecular weight is 391 g/mol. The molecular weight excluding hydrogens is 376 g/mol. The molecule has 128 valence electrons. The van der Waals surface area contributed by atoms with Crippen LogP contribution in [0.2, 0.25) is 5.02 Å². The van der Waals surface area contributed by atoms with E-state index in [2.05, 4.69) is 22.3 Å². The van der Waals surface area contributed by atoms with Crippen LogP contribution in [-0.4, -0.2) is 21.7 Å². The van der Waals surface area contributed by atoms with Crippen LogP contribution in [0.25, 0.3) is 11.5 Å². The molecule has 4 nitrogen and oxygen atoms in total. The summed E-state index contributed by atoms with van der Waals surface area (Å²) in [5.74, 6) is 4.14. The molecule has 4 rings (SSSR count). The molecule has 1 fully saturated rings. The van der Waals surface area contributed by atoms with Gasteiger partial charge in [0.05, 0.1) is 4.58 Å². The predicted octanol–water partition coefficient (Wildman–Crippen LogP) is 5.45. The van der Waals surface area contributed by atoms with Crippen molar-refractivity contribution in [1.82, 2.24) is 10.2 Å². The van der Waals surface area contributed by atoms with Gasteiger partial charge in [-0.1, -0.05) is 23.7 Å². The third kappa shape index (κ3) is 4.14. The molecule has 0 aliphatic carbocycles. The molecule has 1 aromatic heterocycles. The van der Waals surface area contributed by atoms with Crippen molar-refractivity contribution in [2.24, 2.45) is 0 Å². The summed E-state index contributed by atoms with van der Waals surface area (Å²) in [5, 5.41) is 8.75. The number of halogens is 1. The van der Waals surface area contributed by atoms with Crippen LogP contribution in [0, 0.1) is 0 Å². The quantitative estimate of drug-likeness (QED) is 0.577. The van der Waals surface area contributed by atoms with Gasteiger partial charge >= 0.3 is 0 Å². The van der Waals surface area contributed by atoms with Crippen LogP contribution in [0.4, 0.5) is 0 Å². The summed E-state index contributed by atoms with van der Waals surface area (Å²) in [7, 11) is 0. The lowest BCUT2D eigenvalue weighted by molar-refractivity contribution is 0.264. The Morgan fingerprint density at radius 3 is 2.44 bits per heavy atom. The molecule has 7 heteroatoms. The van der Waals surface area contributed by atoms with Crippen molar-refractivity contribution in [1.29, 1.82) is 0 Å². The molecule has 1 saturated heterocycles. The number of hydrogen-bond acceptors (Lipinski definition) is 6. The van der Waals surface area contributed by atoms with Gasteiger partial charge in [-0.15, -0.1) is 33.7 Å². The number of ether oxygens (including phenoxy) is 1. The zero-order valence-corrected chi connectivity index (χ0v) is 15.6. The molecule has 1 aliphatic rings. The summed E-state index contributed by atoms with van der Waals surface area (Å²) in [6.07, 6.45) is 0. The summed E-state index contributed by atoms with van der Waals surface area (Å²) < 4.78 is 11.9. The molecule has 0 unspecified atom stereocenters. The van der Waals surface area contributed by atoms with Crippen LogP contribution in [0.1, 0.15) is 16.0 Å². The second kappa shape index (κ2) is 7.72. The highest BCUT2D eigenvalue weighted by molar-refractivity contribution is 8.19. The first kappa shape index (κ1) is 16.8. The molecular formula is C18H15ClN2O2S2. The molecule has 3 aromatic rings. The molecule has 0 radical (unpaired) electrons. The van der Waals surface area contributed by atoms with Crippen LogP contribution >= 0.6 is 35.1 Å². The fourth-order valence-corrected chi connectivity index (χ4v) is 5.42. The molecule has 2 heterocycles. The molecule has 2 aromatic carbocycles. The van der Waals surface area contributed by atoms with Crippen LogP contribution in [-0.2, 0) is 6.61 Å². The van der Waals surface area contributed by atoms with Gasteiger partial charge in [-0.3, -0.25) is 0 Å². The Hall–Kier alpha value is -1.63. The highest BCUT2D eigenvalue weighted by atomic mass is 35.5. The Kier molecular flexibility index (Phi) is 5.20. The fraction of sp³-hybridized carbons (Fsp3) is 0.222. The lowest BCUT2D eigenvalue weighted by Gasteiger charge is -2.09. The van der Waals surface area contributed by atoms with Crippen molar-refractivity contribution in [3.05, 3.63) is 65.0 Å². The number of nitrogens with zero attached hydrogens (tertiary/aromatic N) is 2. The monoisotopic (exact) mass is 390 g/mol. The van der Waals surface area contributed by atoms with Crippen molar-refractivity contribution in [3.8, 4) is 17.2 Å². The normalized spacial score (nSPS) is 14.8. The zero-order valence-electron chi connectivity index (χ0n) is 13.2. The molecule has 0 spiro atoms. The molecule has 0 amide bonds. The maximum Gasteiger partial charge on any atom is 0.254 e. The first-order chi connectivity index (χ1) is 12.3. The van der Waals surface area contributed by atoms with E-state index >= 15 is 0 Å². The van der Waals surface area contributed by atoms with Crippen LogP contribution < -0.4 is 4.74 Å². The van der Waals surface area contributed by atoms with E-state index < -0.39 is 0 Å². The van der Waals surface area contributed by atoms with Crippen molar-refractivity contribution in [3.63, 3.8) is 0 Å².